The summed E-state index contributed by atoms with van der Waals surface area (Å²) in [4.78, 5) is 17.0. The Morgan fingerprint density at radius 3 is 2.59 bits per heavy atom. The molecule has 2 aromatic carbocycles. The number of benzene rings is 2. The predicted molar refractivity (Wildman–Crippen MR) is 145 cm³/mol. The Hall–Kier alpha value is -3.72. The third-order valence-electron chi connectivity index (χ3n) is 6.04. The summed E-state index contributed by atoms with van der Waals surface area (Å²) in [6.45, 7) is 9.12. The summed E-state index contributed by atoms with van der Waals surface area (Å²) in [5.41, 5.74) is 2.83. The maximum absolute atomic E-state index is 11.4. The van der Waals surface area contributed by atoms with Crippen LogP contribution in [0.3, 0.4) is 0 Å². The molecule has 8 nitrogen and oxygen atoms in total. The number of rotatable bonds is 12. The van der Waals surface area contributed by atoms with E-state index in [1.54, 1.807) is 29.9 Å². The minimum absolute atomic E-state index is 0.467. The number of hydrogen-bond donors (Lipinski definition) is 1. The van der Waals surface area contributed by atoms with E-state index >= 15 is 0 Å². The van der Waals surface area contributed by atoms with E-state index in [2.05, 4.69) is 4.98 Å². The largest absolute Gasteiger partial charge is 0.493 e. The molecule has 9 heteroatoms. The van der Waals surface area contributed by atoms with Gasteiger partial charge in [0.2, 0.25) is 5.88 Å². The van der Waals surface area contributed by atoms with Crippen molar-refractivity contribution < 1.29 is 28.8 Å². The maximum Gasteiger partial charge on any atom is 0.326 e. The van der Waals surface area contributed by atoms with Gasteiger partial charge < -0.3 is 28.6 Å². The molecule has 0 radical (unpaired) electrons. The van der Waals surface area contributed by atoms with E-state index < -0.39 is 12.0 Å². The van der Waals surface area contributed by atoms with Crippen molar-refractivity contribution in [3.05, 3.63) is 53.0 Å². The zero-order chi connectivity index (χ0) is 26.5. The van der Waals surface area contributed by atoms with Gasteiger partial charge in [0, 0.05) is 29.1 Å². The lowest BCUT2D eigenvalue weighted by atomic mass is 10.2. The van der Waals surface area contributed by atoms with Crippen molar-refractivity contribution in [1.29, 1.82) is 0 Å². The molecule has 0 fully saturated rings. The number of methoxy groups -OCH3 is 1. The molecule has 0 spiro atoms. The number of aryl methyl sites for hydroxylation is 2. The quantitative estimate of drug-likeness (QED) is 0.218. The average Bonchev–Trinajstić information content (AvgIpc) is 3.42. The van der Waals surface area contributed by atoms with Crippen LogP contribution in [-0.4, -0.2) is 47.6 Å². The molecule has 1 N–H and O–H groups in total. The van der Waals surface area contributed by atoms with Gasteiger partial charge in [-0.15, -0.1) is 11.3 Å². The number of carboxylic acids is 1. The highest BCUT2D eigenvalue weighted by Crippen LogP contribution is 2.37. The first-order valence-electron chi connectivity index (χ1n) is 12.2. The summed E-state index contributed by atoms with van der Waals surface area (Å²) in [7, 11) is 1.62. The Morgan fingerprint density at radius 1 is 1.08 bits per heavy atom. The van der Waals surface area contributed by atoms with E-state index in [0.717, 1.165) is 37.7 Å². The fourth-order valence-electron chi connectivity index (χ4n) is 4.06. The molecule has 2 heterocycles. The van der Waals surface area contributed by atoms with E-state index in [4.69, 9.17) is 18.9 Å². The Kier molecular flexibility index (Phi) is 8.23. The second-order valence-electron chi connectivity index (χ2n) is 8.64. The van der Waals surface area contributed by atoms with Gasteiger partial charge in [-0.3, -0.25) is 0 Å². The Morgan fingerprint density at radius 2 is 1.86 bits per heavy atom. The summed E-state index contributed by atoms with van der Waals surface area (Å²) in [5.74, 6) is 1.85. The Labute approximate surface area is 220 Å². The molecule has 0 saturated heterocycles. The number of fused-ring (bicyclic) bond motifs is 1. The van der Waals surface area contributed by atoms with Crippen molar-refractivity contribution in [3.8, 4) is 33.7 Å². The number of nitrogens with zero attached hydrogens (tertiary/aromatic N) is 2. The van der Waals surface area contributed by atoms with Gasteiger partial charge in [-0.05, 0) is 69.7 Å². The lowest BCUT2D eigenvalue weighted by molar-refractivity contribution is -0.140. The normalized spacial score (nSPS) is 11.9. The van der Waals surface area contributed by atoms with E-state index in [1.807, 2.05) is 63.4 Å². The van der Waals surface area contributed by atoms with Crippen molar-refractivity contribution in [2.75, 3.05) is 26.9 Å². The van der Waals surface area contributed by atoms with Crippen LogP contribution in [-0.2, 0) is 4.79 Å². The fraction of sp³-hybridized carbons (Fsp3) is 0.357. The van der Waals surface area contributed by atoms with Crippen LogP contribution in [0.4, 0.5) is 0 Å². The highest BCUT2D eigenvalue weighted by Gasteiger charge is 2.17. The standard InChI is InChI=1S/C28H32N2O6S/c1-6-34-26-19(4)37-27(29-26)20-8-11-24(25(14-20)33-5)36-13-7-12-35-21-9-10-23-22(15-21)17(2)16-30(23)18(3)28(31)32/h8-11,14-16,18H,6-7,12-13H2,1-5H3,(H,31,32). The van der Waals surface area contributed by atoms with Crippen molar-refractivity contribution >= 4 is 28.2 Å². The molecule has 0 amide bonds. The van der Waals surface area contributed by atoms with Crippen LogP contribution in [0.5, 0.6) is 23.1 Å². The summed E-state index contributed by atoms with van der Waals surface area (Å²) >= 11 is 1.58. The van der Waals surface area contributed by atoms with Gasteiger partial charge in [-0.2, -0.15) is 0 Å². The van der Waals surface area contributed by atoms with E-state index in [9.17, 15) is 9.90 Å². The van der Waals surface area contributed by atoms with Crippen molar-refractivity contribution in [2.24, 2.45) is 0 Å². The van der Waals surface area contributed by atoms with Crippen LogP contribution >= 0.6 is 11.3 Å². The molecule has 2 aromatic heterocycles. The number of aromatic nitrogens is 2. The molecule has 0 aliphatic carbocycles. The molecule has 1 atom stereocenters. The third-order valence-corrected chi connectivity index (χ3v) is 7.04. The van der Waals surface area contributed by atoms with E-state index in [1.165, 1.54) is 0 Å². The molecular formula is C28H32N2O6S. The minimum atomic E-state index is -0.863. The van der Waals surface area contributed by atoms with E-state index in [0.29, 0.717) is 43.6 Å². The Bertz CT molecular complexity index is 1390. The molecule has 0 aliphatic rings. The maximum atomic E-state index is 11.4. The molecule has 1 unspecified atom stereocenters. The van der Waals surface area contributed by atoms with Crippen molar-refractivity contribution in [1.82, 2.24) is 9.55 Å². The molecule has 37 heavy (non-hydrogen) atoms. The van der Waals surface area contributed by atoms with Gasteiger partial charge in [0.15, 0.2) is 11.5 Å². The minimum Gasteiger partial charge on any atom is -0.493 e. The summed E-state index contributed by atoms with van der Waals surface area (Å²) in [6, 6.07) is 10.9. The number of thiazole rings is 1. The topological polar surface area (TPSA) is 92.0 Å². The summed E-state index contributed by atoms with van der Waals surface area (Å²) in [6.07, 6.45) is 2.55. The first-order chi connectivity index (χ1) is 17.8. The zero-order valence-electron chi connectivity index (χ0n) is 21.7. The van der Waals surface area contributed by atoms with Gasteiger partial charge in [0.05, 0.1) is 31.8 Å². The van der Waals surface area contributed by atoms with Gasteiger partial charge in [-0.25, -0.2) is 9.78 Å². The molecule has 0 bridgehead atoms. The smallest absolute Gasteiger partial charge is 0.326 e. The van der Waals surface area contributed by atoms with Gasteiger partial charge in [-0.1, -0.05) is 0 Å². The molecule has 196 valence electrons. The monoisotopic (exact) mass is 524 g/mol. The van der Waals surface area contributed by atoms with Crippen molar-refractivity contribution in [3.63, 3.8) is 0 Å². The first-order valence-corrected chi connectivity index (χ1v) is 13.0. The molecule has 4 rings (SSSR count). The number of aliphatic carboxylic acids is 1. The van der Waals surface area contributed by atoms with Crippen LogP contribution in [0.2, 0.25) is 0 Å². The number of carbonyl (C=O) groups is 1. The lowest BCUT2D eigenvalue weighted by Gasteiger charge is -2.13. The van der Waals surface area contributed by atoms with Gasteiger partial charge in [0.1, 0.15) is 16.8 Å². The van der Waals surface area contributed by atoms with Crippen molar-refractivity contribution in [2.45, 2.75) is 40.2 Å². The SMILES string of the molecule is CCOc1nc(-c2ccc(OCCCOc3ccc4c(c3)c(C)cn4C(C)C(=O)O)c(OC)c2)sc1C. The molecule has 0 saturated carbocycles. The number of ether oxygens (including phenoxy) is 4. The van der Waals surface area contributed by atoms with Crippen LogP contribution in [0.25, 0.3) is 21.5 Å². The summed E-state index contributed by atoms with van der Waals surface area (Å²) < 4.78 is 24.8. The highest BCUT2D eigenvalue weighted by atomic mass is 32.1. The van der Waals surface area contributed by atoms with E-state index in [-0.39, 0.29) is 0 Å². The molecule has 4 aromatic rings. The van der Waals surface area contributed by atoms with Crippen LogP contribution in [0.1, 0.15) is 36.8 Å². The van der Waals surface area contributed by atoms with Gasteiger partial charge >= 0.3 is 5.97 Å². The predicted octanol–water partition coefficient (Wildman–Crippen LogP) is 6.28. The van der Waals surface area contributed by atoms with Crippen LogP contribution < -0.4 is 18.9 Å². The lowest BCUT2D eigenvalue weighted by Crippen LogP contribution is -2.14. The fourth-order valence-corrected chi connectivity index (χ4v) is 4.92. The summed E-state index contributed by atoms with van der Waals surface area (Å²) in [5, 5.41) is 11.2. The number of hydrogen-bond acceptors (Lipinski definition) is 7. The second-order valence-corrected chi connectivity index (χ2v) is 9.85. The van der Waals surface area contributed by atoms with Crippen LogP contribution in [0, 0.1) is 13.8 Å². The van der Waals surface area contributed by atoms with Crippen LogP contribution in [0.15, 0.2) is 42.6 Å². The zero-order valence-corrected chi connectivity index (χ0v) is 22.6. The molecule has 0 aliphatic heterocycles. The second kappa shape index (κ2) is 11.6. The molecular weight excluding hydrogens is 492 g/mol. The Balaban J connectivity index is 1.33. The third kappa shape index (κ3) is 5.83. The van der Waals surface area contributed by atoms with Gasteiger partial charge in [0.25, 0.3) is 0 Å². The first kappa shape index (κ1) is 26.3. The average molecular weight is 525 g/mol. The number of carboxylic acid groups (broad SMARTS) is 1. The highest BCUT2D eigenvalue weighted by molar-refractivity contribution is 7.15.